The van der Waals surface area contributed by atoms with Crippen molar-refractivity contribution in [3.05, 3.63) is 0 Å². The summed E-state index contributed by atoms with van der Waals surface area (Å²) in [5, 5.41) is 0. The quantitative estimate of drug-likeness (QED) is 0.134. The molecule has 0 fully saturated rings. The Hall–Kier alpha value is -0.356. The van der Waals surface area contributed by atoms with Gasteiger partial charge in [-0.15, -0.1) is 0 Å². The van der Waals surface area contributed by atoms with Crippen LogP contribution in [0.3, 0.4) is 0 Å². The molecule has 0 aromatic heterocycles. The smallest absolute Gasteiger partial charge is 0.406 e. The van der Waals surface area contributed by atoms with Gasteiger partial charge in [0.2, 0.25) is 0 Å². The minimum atomic E-state index is -4.21. The lowest BCUT2D eigenvalue weighted by Gasteiger charge is -2.28. The molecule has 30 heavy (non-hydrogen) atoms. The molecule has 184 valence electrons. The lowest BCUT2D eigenvalue weighted by atomic mass is 10.1. The first kappa shape index (κ1) is 34.3. The third kappa shape index (κ3) is 23.9. The van der Waals surface area contributed by atoms with Gasteiger partial charge >= 0.3 is 12.0 Å². The number of alkyl halides is 6. The van der Waals surface area contributed by atoms with Crippen molar-refractivity contribution < 1.29 is 35.6 Å². The van der Waals surface area contributed by atoms with Gasteiger partial charge in [0.15, 0.2) is 16.4 Å². The van der Waals surface area contributed by atoms with Crippen LogP contribution in [0, 0.1) is 0 Å². The number of carbonyl (C=O) groups is 1. The Balaban J connectivity index is -0.000000408. The molecule has 0 amide bonds. The summed E-state index contributed by atoms with van der Waals surface area (Å²) in [6, 6.07) is 0. The van der Waals surface area contributed by atoms with Crippen LogP contribution in [-0.4, -0.2) is 40.8 Å². The van der Waals surface area contributed by atoms with Crippen molar-refractivity contribution in [2.24, 2.45) is 0 Å². The van der Waals surface area contributed by atoms with Gasteiger partial charge < -0.3 is 9.22 Å². The van der Waals surface area contributed by atoms with Crippen LogP contribution >= 0.6 is 0 Å². The zero-order valence-electron chi connectivity index (χ0n) is 19.9. The van der Waals surface area contributed by atoms with Crippen LogP contribution in [0.25, 0.3) is 0 Å². The van der Waals surface area contributed by atoms with Crippen molar-refractivity contribution in [2.45, 2.75) is 123 Å². The van der Waals surface area contributed by atoms with Gasteiger partial charge in [-0.05, 0) is 32.5 Å². The number of aldehydes is 1. The molecule has 0 aliphatic heterocycles. The van der Waals surface area contributed by atoms with Crippen LogP contribution in [0.15, 0.2) is 0 Å². The van der Waals surface area contributed by atoms with E-state index in [9.17, 15) is 31.1 Å². The third-order valence-electron chi connectivity index (χ3n) is 3.71. The second-order valence-corrected chi connectivity index (χ2v) is 18.7. The Morgan fingerprint density at radius 3 is 1.47 bits per heavy atom. The van der Waals surface area contributed by atoms with Crippen molar-refractivity contribution >= 4 is 22.7 Å². The van der Waals surface area contributed by atoms with Gasteiger partial charge in [0.1, 0.15) is 12.4 Å². The van der Waals surface area contributed by atoms with Gasteiger partial charge in [-0.2, -0.15) is 26.3 Å². The molecule has 0 N–H and O–H groups in total. The molecule has 0 aromatic carbocycles. The molecule has 0 aromatic rings. The number of rotatable bonds is 10. The maximum absolute atomic E-state index is 12.6. The number of halogens is 6. The minimum absolute atomic E-state index is 0.0988. The zero-order valence-corrected chi connectivity index (χ0v) is 21.9. The van der Waals surface area contributed by atoms with Crippen molar-refractivity contribution in [3.8, 4) is 0 Å². The molecule has 0 bridgehead atoms. The highest BCUT2D eigenvalue weighted by atomic mass is 28.4. The fraction of sp³-hybridized carbons (Fsp3) is 0.950. The molecule has 0 spiro atoms. The van der Waals surface area contributed by atoms with Crippen LogP contribution in [0.5, 0.6) is 0 Å². The standard InChI is InChI=1S/C10H21F3OSi.C6H12O.C4H9F3Si/c1-5-6-7-8-9(10(11,12)13)14-15(2,3)4;1-2-3-4-5-6-7;1-8(2,3)4(5,6)7/h9H,5-8H2,1-4H3;6H,2-5H2,1H3;1-3H3. The summed E-state index contributed by atoms with van der Waals surface area (Å²) < 4.78 is 77.8. The highest BCUT2D eigenvalue weighted by Gasteiger charge is 2.45. The first-order valence-electron chi connectivity index (χ1n) is 10.6. The first-order valence-corrected chi connectivity index (χ1v) is 17.5. The van der Waals surface area contributed by atoms with Crippen molar-refractivity contribution in [1.29, 1.82) is 0 Å². The number of hydrogen-bond acceptors (Lipinski definition) is 2. The van der Waals surface area contributed by atoms with E-state index in [1.165, 1.54) is 32.5 Å². The Morgan fingerprint density at radius 1 is 0.800 bits per heavy atom. The Morgan fingerprint density at radius 2 is 1.20 bits per heavy atom. The molecule has 0 saturated carbocycles. The summed E-state index contributed by atoms with van der Waals surface area (Å²) in [6.07, 6.45) is 1.87. The van der Waals surface area contributed by atoms with Crippen LogP contribution in [0.4, 0.5) is 26.3 Å². The van der Waals surface area contributed by atoms with Gasteiger partial charge in [-0.1, -0.05) is 65.6 Å². The second kappa shape index (κ2) is 16.3. The highest BCUT2D eigenvalue weighted by molar-refractivity contribution is 6.78. The van der Waals surface area contributed by atoms with Gasteiger partial charge in [-0.3, -0.25) is 0 Å². The number of unbranched alkanes of at least 4 members (excludes halogenated alkanes) is 5. The summed E-state index contributed by atoms with van der Waals surface area (Å²) in [4.78, 5) is 9.68. The predicted octanol–water partition coefficient (Wildman–Crippen LogP) is 8.54. The monoisotopic (exact) mass is 484 g/mol. The molecule has 0 aliphatic carbocycles. The summed E-state index contributed by atoms with van der Waals surface area (Å²) >= 11 is 0. The van der Waals surface area contributed by atoms with Gasteiger partial charge in [0.05, 0.1) is 0 Å². The second-order valence-electron chi connectivity index (χ2n) is 9.17. The fourth-order valence-corrected chi connectivity index (χ4v) is 2.88. The van der Waals surface area contributed by atoms with Gasteiger partial charge in [-0.25, -0.2) is 0 Å². The Labute approximate surface area is 181 Å². The van der Waals surface area contributed by atoms with Crippen LogP contribution < -0.4 is 0 Å². The summed E-state index contributed by atoms with van der Waals surface area (Å²) in [5.41, 5.74) is 0. The third-order valence-corrected chi connectivity index (χ3v) is 6.40. The highest BCUT2D eigenvalue weighted by Crippen LogP contribution is 2.29. The molecule has 0 heterocycles. The predicted molar refractivity (Wildman–Crippen MR) is 118 cm³/mol. The van der Waals surface area contributed by atoms with E-state index in [-0.39, 0.29) is 6.42 Å². The maximum atomic E-state index is 12.6. The van der Waals surface area contributed by atoms with E-state index < -0.39 is 34.5 Å². The molecular weight excluding hydrogens is 442 g/mol. The minimum Gasteiger partial charge on any atom is -0.406 e. The average molecular weight is 485 g/mol. The first-order chi connectivity index (χ1) is 13.3. The van der Waals surface area contributed by atoms with Crippen molar-refractivity contribution in [2.75, 3.05) is 0 Å². The molecule has 0 radical (unpaired) electrons. The summed E-state index contributed by atoms with van der Waals surface area (Å²) in [7, 11) is -4.97. The summed E-state index contributed by atoms with van der Waals surface area (Å²) in [6.45, 7) is 13.3. The number of hydrogen-bond donors (Lipinski definition) is 0. The Kier molecular flexibility index (Phi) is 18.6. The van der Waals surface area contributed by atoms with Gasteiger partial charge in [0, 0.05) is 6.42 Å². The average Bonchev–Trinajstić information content (AvgIpc) is 2.52. The lowest BCUT2D eigenvalue weighted by Crippen LogP contribution is -2.40. The fourth-order valence-electron chi connectivity index (χ4n) is 1.77. The van der Waals surface area contributed by atoms with Crippen molar-refractivity contribution in [1.82, 2.24) is 0 Å². The van der Waals surface area contributed by atoms with E-state index >= 15 is 0 Å². The maximum Gasteiger partial charge on any atom is 0.413 e. The molecule has 2 nitrogen and oxygen atoms in total. The van der Waals surface area contributed by atoms with E-state index in [4.69, 9.17) is 4.43 Å². The molecule has 1 unspecified atom stereocenters. The van der Waals surface area contributed by atoms with Crippen LogP contribution in [0.1, 0.15) is 65.2 Å². The Bertz CT molecular complexity index is 401. The van der Waals surface area contributed by atoms with Crippen molar-refractivity contribution in [3.63, 3.8) is 0 Å². The van der Waals surface area contributed by atoms with E-state index in [0.717, 1.165) is 32.0 Å². The molecule has 10 heteroatoms. The molecule has 0 saturated heterocycles. The molecular formula is C20H42F6O2Si2. The van der Waals surface area contributed by atoms with Crippen LogP contribution in [-0.2, 0) is 9.22 Å². The summed E-state index contributed by atoms with van der Waals surface area (Å²) in [5.74, 6) is -3.92. The van der Waals surface area contributed by atoms with E-state index in [0.29, 0.717) is 6.42 Å². The largest absolute Gasteiger partial charge is 0.413 e. The van der Waals surface area contributed by atoms with E-state index in [2.05, 4.69) is 6.92 Å². The topological polar surface area (TPSA) is 26.3 Å². The van der Waals surface area contributed by atoms with E-state index in [1.807, 2.05) is 6.92 Å². The molecule has 0 aliphatic rings. The molecule has 0 rings (SSSR count). The number of carbonyl (C=O) groups excluding carboxylic acids is 1. The van der Waals surface area contributed by atoms with E-state index in [1.54, 1.807) is 19.6 Å². The van der Waals surface area contributed by atoms with Crippen LogP contribution in [0.2, 0.25) is 39.3 Å². The SMILES string of the molecule is CCCCCC(O[Si](C)(C)C)C(F)(F)F.CCCCCC=O.C[Si](C)(C)C(F)(F)F. The lowest BCUT2D eigenvalue weighted by molar-refractivity contribution is -0.199. The molecule has 1 atom stereocenters. The normalized spacial score (nSPS) is 13.5. The zero-order chi connectivity index (χ0) is 24.6. The van der Waals surface area contributed by atoms with Gasteiger partial charge in [0.25, 0.3) is 0 Å².